The highest BCUT2D eigenvalue weighted by molar-refractivity contribution is 4.90. The van der Waals surface area contributed by atoms with Gasteiger partial charge in [0.05, 0.1) is 12.7 Å². The lowest BCUT2D eigenvalue weighted by molar-refractivity contribution is -0.0560. The minimum Gasteiger partial charge on any atom is -0.374 e. The van der Waals surface area contributed by atoms with E-state index in [0.717, 1.165) is 39.1 Å². The summed E-state index contributed by atoms with van der Waals surface area (Å²) in [6.07, 6.45) is 7.45. The Morgan fingerprint density at radius 1 is 1.53 bits per heavy atom. The molecule has 1 aliphatic rings. The van der Waals surface area contributed by atoms with Crippen molar-refractivity contribution in [2.24, 2.45) is 0 Å². The lowest BCUT2D eigenvalue weighted by Gasteiger charge is -2.39. The highest BCUT2D eigenvalue weighted by Crippen LogP contribution is 2.14. The molecule has 1 saturated heterocycles. The van der Waals surface area contributed by atoms with Gasteiger partial charge in [-0.05, 0) is 26.8 Å². The number of hydrogen-bond donors (Lipinski definition) is 1. The zero-order valence-electron chi connectivity index (χ0n) is 11.4. The van der Waals surface area contributed by atoms with Gasteiger partial charge in [0.1, 0.15) is 0 Å². The first-order valence-electron chi connectivity index (χ1n) is 6.71. The Kier molecular flexibility index (Phi) is 6.57. The van der Waals surface area contributed by atoms with Crippen LogP contribution in [0.5, 0.6) is 0 Å². The third-order valence-corrected chi connectivity index (χ3v) is 3.37. The van der Waals surface area contributed by atoms with Crippen LogP contribution in [-0.4, -0.2) is 49.3 Å². The summed E-state index contributed by atoms with van der Waals surface area (Å²) in [6.45, 7) is 10.5. The van der Waals surface area contributed by atoms with Crippen LogP contribution in [0.15, 0.2) is 0 Å². The highest BCUT2D eigenvalue weighted by Gasteiger charge is 2.28. The molecule has 0 amide bonds. The summed E-state index contributed by atoms with van der Waals surface area (Å²) in [5, 5.41) is 3.50. The van der Waals surface area contributed by atoms with Crippen molar-refractivity contribution < 1.29 is 4.74 Å². The molecule has 3 nitrogen and oxygen atoms in total. The second-order valence-corrected chi connectivity index (χ2v) is 4.90. The second-order valence-electron chi connectivity index (χ2n) is 4.90. The third kappa shape index (κ3) is 4.67. The van der Waals surface area contributed by atoms with E-state index in [-0.39, 0.29) is 6.10 Å². The molecule has 0 aromatic rings. The molecular weight excluding hydrogens is 212 g/mol. The quantitative estimate of drug-likeness (QED) is 0.710. The van der Waals surface area contributed by atoms with Crippen LogP contribution in [-0.2, 0) is 4.74 Å². The van der Waals surface area contributed by atoms with Crippen LogP contribution in [0.3, 0.4) is 0 Å². The minimum absolute atomic E-state index is 0.277. The van der Waals surface area contributed by atoms with Gasteiger partial charge < -0.3 is 10.1 Å². The highest BCUT2D eigenvalue weighted by atomic mass is 16.5. The van der Waals surface area contributed by atoms with Gasteiger partial charge in [-0.15, -0.1) is 12.3 Å². The zero-order chi connectivity index (χ0) is 12.7. The molecule has 17 heavy (non-hydrogen) atoms. The molecule has 1 fully saturated rings. The van der Waals surface area contributed by atoms with Gasteiger partial charge in [0, 0.05) is 31.6 Å². The fourth-order valence-electron chi connectivity index (χ4n) is 2.33. The standard InChI is InChI=1S/C14H26N2O/c1-5-7-8-13(15-6-2)14-11-16(12(3)4)9-10-17-14/h1,12-15H,6-11H2,2-4H3. The van der Waals surface area contributed by atoms with Gasteiger partial charge in [0.15, 0.2) is 0 Å². The van der Waals surface area contributed by atoms with Crippen molar-refractivity contribution >= 4 is 0 Å². The fourth-order valence-corrected chi connectivity index (χ4v) is 2.33. The van der Waals surface area contributed by atoms with E-state index in [1.165, 1.54) is 0 Å². The average Bonchev–Trinajstić information content (AvgIpc) is 2.34. The van der Waals surface area contributed by atoms with Crippen LogP contribution in [0.1, 0.15) is 33.6 Å². The van der Waals surface area contributed by atoms with Crippen molar-refractivity contribution in [2.45, 2.75) is 51.8 Å². The van der Waals surface area contributed by atoms with E-state index in [1.54, 1.807) is 0 Å². The van der Waals surface area contributed by atoms with Crippen molar-refractivity contribution in [1.29, 1.82) is 0 Å². The molecule has 0 saturated carbocycles. The summed E-state index contributed by atoms with van der Waals surface area (Å²) >= 11 is 0. The van der Waals surface area contributed by atoms with Crippen LogP contribution in [0.25, 0.3) is 0 Å². The van der Waals surface area contributed by atoms with Crippen LogP contribution in [0, 0.1) is 12.3 Å². The maximum absolute atomic E-state index is 5.90. The topological polar surface area (TPSA) is 24.5 Å². The molecule has 2 atom stereocenters. The summed E-state index contributed by atoms with van der Waals surface area (Å²) in [6, 6.07) is 0.980. The second kappa shape index (κ2) is 7.71. The number of terminal acetylenes is 1. The molecule has 1 rings (SSSR count). The van der Waals surface area contributed by atoms with Gasteiger partial charge in [-0.1, -0.05) is 6.92 Å². The Labute approximate surface area is 106 Å². The number of ether oxygens (including phenoxy) is 1. The van der Waals surface area contributed by atoms with E-state index in [4.69, 9.17) is 11.2 Å². The van der Waals surface area contributed by atoms with E-state index >= 15 is 0 Å². The van der Waals surface area contributed by atoms with Crippen LogP contribution in [0.4, 0.5) is 0 Å². The molecule has 0 aromatic carbocycles. The Morgan fingerprint density at radius 2 is 2.29 bits per heavy atom. The molecule has 2 unspecified atom stereocenters. The first-order valence-corrected chi connectivity index (χ1v) is 6.71. The Bertz CT molecular complexity index is 247. The number of nitrogens with zero attached hydrogens (tertiary/aromatic N) is 1. The number of likely N-dealkylation sites (N-methyl/N-ethyl adjacent to an activating group) is 1. The van der Waals surface area contributed by atoms with Crippen molar-refractivity contribution in [1.82, 2.24) is 10.2 Å². The lowest BCUT2D eigenvalue weighted by Crippen LogP contribution is -2.53. The molecule has 1 heterocycles. The first-order chi connectivity index (χ1) is 8.19. The number of nitrogens with one attached hydrogen (secondary N) is 1. The summed E-state index contributed by atoms with van der Waals surface area (Å²) < 4.78 is 5.90. The van der Waals surface area contributed by atoms with E-state index in [1.807, 2.05) is 0 Å². The van der Waals surface area contributed by atoms with Crippen LogP contribution < -0.4 is 5.32 Å². The van der Waals surface area contributed by atoms with E-state index in [0.29, 0.717) is 12.1 Å². The lowest BCUT2D eigenvalue weighted by atomic mass is 10.0. The van der Waals surface area contributed by atoms with Gasteiger partial charge in [-0.25, -0.2) is 0 Å². The summed E-state index contributed by atoms with van der Waals surface area (Å²) in [4.78, 5) is 2.48. The molecule has 0 bridgehead atoms. The third-order valence-electron chi connectivity index (χ3n) is 3.37. The SMILES string of the molecule is C#CCCC(NCC)C1CN(C(C)C)CCO1. The molecule has 0 aromatic heterocycles. The molecular formula is C14H26N2O. The van der Waals surface area contributed by atoms with E-state index in [9.17, 15) is 0 Å². The van der Waals surface area contributed by atoms with Crippen LogP contribution >= 0.6 is 0 Å². The zero-order valence-corrected chi connectivity index (χ0v) is 11.4. The van der Waals surface area contributed by atoms with Crippen molar-refractivity contribution in [3.63, 3.8) is 0 Å². The van der Waals surface area contributed by atoms with Crippen molar-refractivity contribution in [3.8, 4) is 12.3 Å². The predicted octanol–water partition coefficient (Wildman–Crippen LogP) is 1.49. The molecule has 0 aliphatic carbocycles. The first kappa shape index (κ1) is 14.5. The smallest absolute Gasteiger partial charge is 0.0855 e. The van der Waals surface area contributed by atoms with Crippen molar-refractivity contribution in [2.75, 3.05) is 26.2 Å². The van der Waals surface area contributed by atoms with E-state index < -0.39 is 0 Å². The molecule has 1 aliphatic heterocycles. The maximum atomic E-state index is 5.90. The molecule has 98 valence electrons. The van der Waals surface area contributed by atoms with Gasteiger partial charge in [-0.2, -0.15) is 0 Å². The maximum Gasteiger partial charge on any atom is 0.0855 e. The molecule has 3 heteroatoms. The van der Waals surface area contributed by atoms with Gasteiger partial charge in [-0.3, -0.25) is 4.90 Å². The molecule has 0 radical (unpaired) electrons. The average molecular weight is 238 g/mol. The van der Waals surface area contributed by atoms with Crippen molar-refractivity contribution in [3.05, 3.63) is 0 Å². The number of morpholine rings is 1. The predicted molar refractivity (Wildman–Crippen MR) is 72.0 cm³/mol. The fraction of sp³-hybridized carbons (Fsp3) is 0.857. The van der Waals surface area contributed by atoms with Gasteiger partial charge in [0.2, 0.25) is 0 Å². The minimum atomic E-state index is 0.277. The van der Waals surface area contributed by atoms with Crippen LogP contribution in [0.2, 0.25) is 0 Å². The normalized spacial score (nSPS) is 23.6. The Balaban J connectivity index is 2.51. The van der Waals surface area contributed by atoms with Gasteiger partial charge >= 0.3 is 0 Å². The summed E-state index contributed by atoms with van der Waals surface area (Å²) in [5.41, 5.74) is 0. The largest absolute Gasteiger partial charge is 0.374 e. The van der Waals surface area contributed by atoms with E-state index in [2.05, 4.69) is 36.9 Å². The Hall–Kier alpha value is -0.560. The van der Waals surface area contributed by atoms with Gasteiger partial charge in [0.25, 0.3) is 0 Å². The summed E-state index contributed by atoms with van der Waals surface area (Å²) in [5.74, 6) is 2.72. The summed E-state index contributed by atoms with van der Waals surface area (Å²) in [7, 11) is 0. The molecule has 0 spiro atoms. The number of rotatable bonds is 6. The molecule has 1 N–H and O–H groups in total. The monoisotopic (exact) mass is 238 g/mol. The number of hydrogen-bond acceptors (Lipinski definition) is 3. The Morgan fingerprint density at radius 3 is 2.88 bits per heavy atom.